The minimum absolute atomic E-state index is 0.00318. The topological polar surface area (TPSA) is 71.3 Å². The Hall–Kier alpha value is -3.34. The van der Waals surface area contributed by atoms with Crippen molar-refractivity contribution in [2.24, 2.45) is 0 Å². The van der Waals surface area contributed by atoms with E-state index in [1.54, 1.807) is 0 Å². The number of anilines is 1. The van der Waals surface area contributed by atoms with Gasteiger partial charge in [-0.1, -0.05) is 35.9 Å². The fourth-order valence-corrected chi connectivity index (χ4v) is 4.97. The van der Waals surface area contributed by atoms with Gasteiger partial charge < -0.3 is 15.1 Å². The van der Waals surface area contributed by atoms with Crippen LogP contribution in [0, 0.1) is 20.8 Å². The number of aryl methyl sites for hydroxylation is 3. The number of nitrogens with one attached hydrogen (secondary N) is 2. The second-order valence-electron chi connectivity index (χ2n) is 10.1. The van der Waals surface area contributed by atoms with E-state index in [1.807, 2.05) is 51.1 Å². The number of hydrogen-bond donors (Lipinski definition) is 2. The standard InChI is InChI=1S/C28H30N2O3/c1-16-6-9-20(17(2)14-16)24(23-11-7-18(3)33-23)30-26(32)28(12-13-28)19-8-10-22-21(15-19)27(4,5)25(31)29-22/h6-11,14-15,24H,12-13H2,1-5H3,(H,29,31)(H,30,32). The van der Waals surface area contributed by atoms with Crippen LogP contribution in [0.3, 0.4) is 0 Å². The monoisotopic (exact) mass is 442 g/mol. The van der Waals surface area contributed by atoms with Gasteiger partial charge in [-0.3, -0.25) is 9.59 Å². The lowest BCUT2D eigenvalue weighted by molar-refractivity contribution is -0.124. The first-order valence-corrected chi connectivity index (χ1v) is 11.5. The summed E-state index contributed by atoms with van der Waals surface area (Å²) in [5.74, 6) is 1.53. The molecule has 0 radical (unpaired) electrons. The Morgan fingerprint density at radius 2 is 1.79 bits per heavy atom. The summed E-state index contributed by atoms with van der Waals surface area (Å²) in [7, 11) is 0. The van der Waals surface area contributed by atoms with Crippen molar-refractivity contribution in [2.75, 3.05) is 5.32 Å². The third kappa shape index (κ3) is 3.47. The van der Waals surface area contributed by atoms with Crippen LogP contribution in [0.5, 0.6) is 0 Å². The lowest BCUT2D eigenvalue weighted by Gasteiger charge is -2.24. The molecule has 1 aromatic heterocycles. The highest BCUT2D eigenvalue weighted by atomic mass is 16.3. The molecule has 1 atom stereocenters. The average Bonchev–Trinajstić information content (AvgIpc) is 3.41. The predicted molar refractivity (Wildman–Crippen MR) is 128 cm³/mol. The first-order chi connectivity index (χ1) is 15.6. The summed E-state index contributed by atoms with van der Waals surface area (Å²) in [6.07, 6.45) is 1.58. The van der Waals surface area contributed by atoms with Gasteiger partial charge in [0, 0.05) is 5.69 Å². The third-order valence-corrected chi connectivity index (χ3v) is 7.30. The fraction of sp³-hybridized carbons (Fsp3) is 0.357. The molecule has 0 bridgehead atoms. The van der Waals surface area contributed by atoms with Gasteiger partial charge in [-0.25, -0.2) is 0 Å². The van der Waals surface area contributed by atoms with Crippen LogP contribution in [0.1, 0.15) is 72.1 Å². The van der Waals surface area contributed by atoms with Gasteiger partial charge in [-0.05, 0) is 87.9 Å². The van der Waals surface area contributed by atoms with Gasteiger partial charge in [0.05, 0.1) is 10.8 Å². The van der Waals surface area contributed by atoms with Gasteiger partial charge in [-0.15, -0.1) is 0 Å². The minimum Gasteiger partial charge on any atom is -0.464 e. The number of rotatable bonds is 5. The summed E-state index contributed by atoms with van der Waals surface area (Å²) in [6.45, 7) is 9.89. The SMILES string of the molecule is Cc1ccc(C(NC(=O)C2(c3ccc4c(c3)C(C)(C)C(=O)N4)CC2)c2ccc(C)o2)c(C)c1. The van der Waals surface area contributed by atoms with Crippen molar-refractivity contribution >= 4 is 17.5 Å². The second kappa shape index (κ2) is 7.34. The molecule has 2 amide bonds. The number of carbonyl (C=O) groups excluding carboxylic acids is 2. The Bertz CT molecular complexity index is 1280. The molecule has 1 fully saturated rings. The van der Waals surface area contributed by atoms with Gasteiger partial charge in [0.2, 0.25) is 11.8 Å². The van der Waals surface area contributed by atoms with E-state index in [1.165, 1.54) is 5.56 Å². The van der Waals surface area contributed by atoms with Crippen LogP contribution < -0.4 is 10.6 Å². The molecule has 1 aliphatic heterocycles. The molecule has 1 unspecified atom stereocenters. The summed E-state index contributed by atoms with van der Waals surface area (Å²) < 4.78 is 5.96. The number of amides is 2. The van der Waals surface area contributed by atoms with E-state index in [9.17, 15) is 9.59 Å². The smallest absolute Gasteiger partial charge is 0.234 e. The maximum Gasteiger partial charge on any atom is 0.234 e. The minimum atomic E-state index is -0.606. The zero-order chi connectivity index (χ0) is 23.5. The normalized spacial score (nSPS) is 18.4. The molecule has 5 heteroatoms. The molecule has 2 aromatic carbocycles. The van der Waals surface area contributed by atoms with Crippen LogP contribution >= 0.6 is 0 Å². The van der Waals surface area contributed by atoms with Gasteiger partial charge in [0.1, 0.15) is 17.6 Å². The van der Waals surface area contributed by atoms with Gasteiger partial charge in [0.15, 0.2) is 0 Å². The maximum absolute atomic E-state index is 13.8. The van der Waals surface area contributed by atoms with Crippen LogP contribution in [0.4, 0.5) is 5.69 Å². The van der Waals surface area contributed by atoms with Gasteiger partial charge >= 0.3 is 0 Å². The van der Waals surface area contributed by atoms with E-state index >= 15 is 0 Å². The Labute approximate surface area is 194 Å². The summed E-state index contributed by atoms with van der Waals surface area (Å²) in [5.41, 5.74) is 4.91. The van der Waals surface area contributed by atoms with E-state index in [-0.39, 0.29) is 17.9 Å². The molecule has 3 aromatic rings. The van der Waals surface area contributed by atoms with Crippen molar-refractivity contribution in [3.63, 3.8) is 0 Å². The molecule has 0 saturated heterocycles. The molecule has 0 spiro atoms. The van der Waals surface area contributed by atoms with Crippen molar-refractivity contribution in [1.82, 2.24) is 5.32 Å². The Morgan fingerprint density at radius 3 is 2.42 bits per heavy atom. The lowest BCUT2D eigenvalue weighted by Crippen LogP contribution is -2.38. The van der Waals surface area contributed by atoms with Crippen molar-refractivity contribution in [3.05, 3.63) is 87.9 Å². The van der Waals surface area contributed by atoms with Crippen molar-refractivity contribution in [3.8, 4) is 0 Å². The van der Waals surface area contributed by atoms with Crippen LogP contribution in [0.2, 0.25) is 0 Å². The van der Waals surface area contributed by atoms with E-state index < -0.39 is 10.8 Å². The molecule has 5 nitrogen and oxygen atoms in total. The molecule has 170 valence electrons. The molecule has 33 heavy (non-hydrogen) atoms. The first kappa shape index (κ1) is 21.5. The summed E-state index contributed by atoms with van der Waals surface area (Å²) in [6, 6.07) is 15.7. The van der Waals surface area contributed by atoms with Gasteiger partial charge in [-0.2, -0.15) is 0 Å². The molecular formula is C28H30N2O3. The Morgan fingerprint density at radius 1 is 1.03 bits per heavy atom. The highest BCUT2D eigenvalue weighted by Crippen LogP contribution is 2.51. The predicted octanol–water partition coefficient (Wildman–Crippen LogP) is 5.37. The van der Waals surface area contributed by atoms with Crippen LogP contribution in [0.25, 0.3) is 0 Å². The number of carbonyl (C=O) groups is 2. The van der Waals surface area contributed by atoms with Crippen molar-refractivity contribution < 1.29 is 14.0 Å². The first-order valence-electron chi connectivity index (χ1n) is 11.5. The Balaban J connectivity index is 1.49. The summed E-state index contributed by atoms with van der Waals surface area (Å²) in [5, 5.41) is 6.26. The average molecular weight is 443 g/mol. The highest BCUT2D eigenvalue weighted by Gasteiger charge is 2.53. The molecule has 2 heterocycles. The lowest BCUT2D eigenvalue weighted by atomic mass is 9.83. The van der Waals surface area contributed by atoms with E-state index in [0.717, 1.165) is 52.3 Å². The van der Waals surface area contributed by atoms with Crippen LogP contribution in [-0.4, -0.2) is 11.8 Å². The maximum atomic E-state index is 13.8. The molecular weight excluding hydrogens is 412 g/mol. The summed E-state index contributed by atoms with van der Waals surface area (Å²) >= 11 is 0. The molecule has 1 saturated carbocycles. The summed E-state index contributed by atoms with van der Waals surface area (Å²) in [4.78, 5) is 26.1. The van der Waals surface area contributed by atoms with Gasteiger partial charge in [0.25, 0.3) is 0 Å². The molecule has 1 aliphatic carbocycles. The number of furan rings is 1. The largest absolute Gasteiger partial charge is 0.464 e. The van der Waals surface area contributed by atoms with Crippen LogP contribution in [-0.2, 0) is 20.4 Å². The van der Waals surface area contributed by atoms with E-state index in [0.29, 0.717) is 0 Å². The molecule has 2 aliphatic rings. The van der Waals surface area contributed by atoms with Crippen LogP contribution in [0.15, 0.2) is 52.9 Å². The number of hydrogen-bond acceptors (Lipinski definition) is 3. The number of benzene rings is 2. The third-order valence-electron chi connectivity index (χ3n) is 7.30. The quantitative estimate of drug-likeness (QED) is 0.558. The Kier molecular flexibility index (Phi) is 4.78. The van der Waals surface area contributed by atoms with Crippen molar-refractivity contribution in [2.45, 2.75) is 64.3 Å². The number of fused-ring (bicyclic) bond motifs is 1. The van der Waals surface area contributed by atoms with E-state index in [2.05, 4.69) is 42.7 Å². The zero-order valence-electron chi connectivity index (χ0n) is 19.8. The molecule has 5 rings (SSSR count). The fourth-order valence-electron chi connectivity index (χ4n) is 4.97. The molecule has 2 N–H and O–H groups in total. The zero-order valence-corrected chi connectivity index (χ0v) is 19.8. The highest BCUT2D eigenvalue weighted by molar-refractivity contribution is 6.06. The van der Waals surface area contributed by atoms with E-state index in [4.69, 9.17) is 4.42 Å². The second-order valence-corrected chi connectivity index (χ2v) is 10.1. The van der Waals surface area contributed by atoms with Crippen molar-refractivity contribution in [1.29, 1.82) is 0 Å².